The predicted molar refractivity (Wildman–Crippen MR) is 149 cm³/mol. The first-order valence-corrected chi connectivity index (χ1v) is 12.3. The van der Waals surface area contributed by atoms with Crippen LogP contribution in [0.3, 0.4) is 0 Å². The average Bonchev–Trinajstić information content (AvgIpc) is 2.93. The lowest BCUT2D eigenvalue weighted by Crippen LogP contribution is -2.28. The molecule has 0 unspecified atom stereocenters. The number of unbranched alkanes of at least 4 members (excludes halogenated alkanes) is 1. The van der Waals surface area contributed by atoms with Crippen LogP contribution in [-0.4, -0.2) is 55.9 Å². The third-order valence-electron chi connectivity index (χ3n) is 5.82. The Morgan fingerprint density at radius 3 is 2.23 bits per heavy atom. The van der Waals surface area contributed by atoms with Gasteiger partial charge in [0.2, 0.25) is 5.95 Å². The van der Waals surface area contributed by atoms with E-state index < -0.39 is 11.9 Å². The van der Waals surface area contributed by atoms with Gasteiger partial charge in [0.15, 0.2) is 17.0 Å². The number of carbonyl (C=O) groups is 3. The van der Waals surface area contributed by atoms with Crippen LogP contribution < -0.4 is 33.2 Å². The second-order valence-corrected chi connectivity index (χ2v) is 8.76. The number of nitrogens with zero attached hydrogens (tertiary/aromatic N) is 4. The topological polar surface area (TPSA) is 237 Å². The zero-order valence-corrected chi connectivity index (χ0v) is 21.3. The first-order valence-electron chi connectivity index (χ1n) is 12.3. The van der Waals surface area contributed by atoms with Crippen LogP contribution in [0.2, 0.25) is 0 Å². The molecule has 206 valence electrons. The zero-order chi connectivity index (χ0) is 28.6. The van der Waals surface area contributed by atoms with Crippen LogP contribution in [0.25, 0.3) is 11.2 Å². The fourth-order valence-electron chi connectivity index (χ4n) is 3.79. The van der Waals surface area contributed by atoms with Crippen molar-refractivity contribution in [3.63, 3.8) is 0 Å². The first-order chi connectivity index (χ1) is 19.2. The number of nitrogens with two attached hydrogens (primary N) is 3. The second kappa shape index (κ2) is 12.3. The van der Waals surface area contributed by atoms with E-state index >= 15 is 0 Å². The molecule has 14 heteroatoms. The summed E-state index contributed by atoms with van der Waals surface area (Å²) in [4.78, 5) is 52.7. The number of hydrogen-bond acceptors (Lipinski definition) is 11. The Kier molecular flexibility index (Phi) is 8.49. The molecule has 10 N–H and O–H groups in total. The maximum atomic E-state index is 12.5. The quantitative estimate of drug-likeness (QED) is 0.105. The predicted octanol–water partition coefficient (Wildman–Crippen LogP) is 1.42. The lowest BCUT2D eigenvalue weighted by molar-refractivity contribution is 0.0691. The molecule has 0 saturated heterocycles. The molecule has 0 aliphatic carbocycles. The number of nitrogen functional groups attached to an aromatic ring is 3. The smallest absolute Gasteiger partial charge is 0.336 e. The number of hydrogen-bond donors (Lipinski definition) is 7. The molecule has 0 aliphatic rings. The Labute approximate surface area is 228 Å². The number of aromatic nitrogens is 4. The van der Waals surface area contributed by atoms with Gasteiger partial charge in [-0.3, -0.25) is 9.59 Å². The molecule has 4 aromatic rings. The number of aromatic carboxylic acids is 1. The molecule has 0 atom stereocenters. The Balaban J connectivity index is 1.19. The van der Waals surface area contributed by atoms with Crippen molar-refractivity contribution in [3.8, 4) is 0 Å². The fourth-order valence-corrected chi connectivity index (χ4v) is 3.79. The van der Waals surface area contributed by atoms with Gasteiger partial charge in [0.05, 0.1) is 29.6 Å². The van der Waals surface area contributed by atoms with Gasteiger partial charge in [0.25, 0.3) is 11.8 Å². The van der Waals surface area contributed by atoms with Crippen molar-refractivity contribution in [3.05, 3.63) is 71.0 Å². The summed E-state index contributed by atoms with van der Waals surface area (Å²) in [6.07, 6.45) is 2.77. The molecule has 0 spiro atoms. The van der Waals surface area contributed by atoms with Crippen LogP contribution in [0.4, 0.5) is 23.1 Å². The van der Waals surface area contributed by atoms with E-state index in [4.69, 9.17) is 17.2 Å². The number of fused-ring (bicyclic) bond motifs is 1. The summed E-state index contributed by atoms with van der Waals surface area (Å²) in [5.41, 5.74) is 19.9. The summed E-state index contributed by atoms with van der Waals surface area (Å²) < 4.78 is 0. The minimum atomic E-state index is -1.21. The molecule has 0 aliphatic heterocycles. The van der Waals surface area contributed by atoms with Crippen molar-refractivity contribution in [2.45, 2.75) is 19.4 Å². The Hall–Kier alpha value is -5.53. The highest BCUT2D eigenvalue weighted by Crippen LogP contribution is 2.16. The van der Waals surface area contributed by atoms with E-state index in [1.165, 1.54) is 18.2 Å². The van der Waals surface area contributed by atoms with Crippen LogP contribution >= 0.6 is 0 Å². The van der Waals surface area contributed by atoms with Gasteiger partial charge in [0, 0.05) is 30.0 Å². The Bertz CT molecular complexity index is 1560. The molecule has 0 saturated carbocycles. The summed E-state index contributed by atoms with van der Waals surface area (Å²) >= 11 is 0. The van der Waals surface area contributed by atoms with Crippen molar-refractivity contribution in [2.24, 2.45) is 0 Å². The van der Waals surface area contributed by atoms with Gasteiger partial charge in [-0.1, -0.05) is 0 Å². The van der Waals surface area contributed by atoms with Gasteiger partial charge in [0.1, 0.15) is 0 Å². The molecular formula is C26H28N10O4. The largest absolute Gasteiger partial charge is 0.478 e. The SMILES string of the molecule is Nc1ccc(C(=O)O)c(C(=O)NCCCCNC(=O)c2ccc(NCc3cnc4nc(N)nc(N)c4n3)cc2)c1. The maximum Gasteiger partial charge on any atom is 0.336 e. The summed E-state index contributed by atoms with van der Waals surface area (Å²) in [6, 6.07) is 11.0. The van der Waals surface area contributed by atoms with Crippen molar-refractivity contribution < 1.29 is 19.5 Å². The van der Waals surface area contributed by atoms with Crippen LogP contribution in [-0.2, 0) is 6.54 Å². The molecule has 0 fully saturated rings. The summed E-state index contributed by atoms with van der Waals surface area (Å²) in [5.74, 6) is -1.76. The zero-order valence-electron chi connectivity index (χ0n) is 21.3. The lowest BCUT2D eigenvalue weighted by atomic mass is 10.1. The van der Waals surface area contributed by atoms with E-state index in [2.05, 4.69) is 35.9 Å². The van der Waals surface area contributed by atoms with Crippen LogP contribution in [0.1, 0.15) is 49.6 Å². The monoisotopic (exact) mass is 544 g/mol. The van der Waals surface area contributed by atoms with Crippen molar-refractivity contribution in [1.82, 2.24) is 30.6 Å². The van der Waals surface area contributed by atoms with Gasteiger partial charge in [-0.25, -0.2) is 14.8 Å². The summed E-state index contributed by atoms with van der Waals surface area (Å²) in [5, 5.41) is 18.0. The standard InChI is InChI=1S/C26H28N10O4/c27-15-5-8-18(25(39)40)19(11-15)24(38)31-10-2-1-9-30-23(37)14-3-6-16(7-4-14)32-12-17-13-33-22-20(34-17)21(28)35-26(29)36-22/h3-8,11,13,32H,1-2,9-10,12,27H2,(H,30,37)(H,31,38)(H,39,40)(H4,28,29,33,35,36). The number of carboxylic acids is 1. The summed E-state index contributed by atoms with van der Waals surface area (Å²) in [6.45, 7) is 1.09. The number of nitrogens with one attached hydrogen (secondary N) is 3. The highest BCUT2D eigenvalue weighted by Gasteiger charge is 2.16. The molecule has 0 bridgehead atoms. The Morgan fingerprint density at radius 1 is 0.825 bits per heavy atom. The molecule has 2 aromatic carbocycles. The average molecular weight is 545 g/mol. The van der Waals surface area contributed by atoms with E-state index in [-0.39, 0.29) is 28.8 Å². The number of anilines is 4. The van der Waals surface area contributed by atoms with Crippen molar-refractivity contribution >= 4 is 52.1 Å². The molecule has 2 heterocycles. The van der Waals surface area contributed by atoms with Crippen molar-refractivity contribution in [2.75, 3.05) is 35.6 Å². The van der Waals surface area contributed by atoms with Crippen LogP contribution in [0.5, 0.6) is 0 Å². The van der Waals surface area contributed by atoms with Crippen molar-refractivity contribution in [1.29, 1.82) is 0 Å². The molecule has 14 nitrogen and oxygen atoms in total. The first kappa shape index (κ1) is 27.5. The van der Waals surface area contributed by atoms with E-state index in [9.17, 15) is 19.5 Å². The molecule has 40 heavy (non-hydrogen) atoms. The van der Waals surface area contributed by atoms with E-state index in [1.54, 1.807) is 30.5 Å². The van der Waals surface area contributed by atoms with Crippen LogP contribution in [0, 0.1) is 0 Å². The number of amides is 2. The third kappa shape index (κ3) is 6.86. The minimum absolute atomic E-state index is 0.00818. The molecule has 2 amide bonds. The van der Waals surface area contributed by atoms with Gasteiger partial charge in [-0.15, -0.1) is 0 Å². The molecular weight excluding hydrogens is 516 g/mol. The summed E-state index contributed by atoms with van der Waals surface area (Å²) in [7, 11) is 0. The Morgan fingerprint density at radius 2 is 1.52 bits per heavy atom. The van der Waals surface area contributed by atoms with Gasteiger partial charge < -0.3 is 38.3 Å². The molecule has 2 aromatic heterocycles. The minimum Gasteiger partial charge on any atom is -0.478 e. The van der Waals surface area contributed by atoms with Gasteiger partial charge >= 0.3 is 5.97 Å². The van der Waals surface area contributed by atoms with E-state index in [0.29, 0.717) is 60.6 Å². The number of benzene rings is 2. The number of carbonyl (C=O) groups excluding carboxylic acids is 2. The van der Waals surface area contributed by atoms with Crippen LogP contribution in [0.15, 0.2) is 48.7 Å². The normalized spacial score (nSPS) is 10.7. The number of rotatable bonds is 11. The molecule has 0 radical (unpaired) electrons. The third-order valence-corrected chi connectivity index (χ3v) is 5.82. The maximum absolute atomic E-state index is 12.5. The van der Waals surface area contributed by atoms with E-state index in [1.807, 2.05) is 0 Å². The second-order valence-electron chi connectivity index (χ2n) is 8.76. The van der Waals surface area contributed by atoms with Gasteiger partial charge in [-0.05, 0) is 55.3 Å². The number of carboxylic acid groups (broad SMARTS) is 1. The fraction of sp³-hybridized carbons (Fsp3) is 0.192. The van der Waals surface area contributed by atoms with Gasteiger partial charge in [-0.2, -0.15) is 9.97 Å². The lowest BCUT2D eigenvalue weighted by Gasteiger charge is -2.10. The highest BCUT2D eigenvalue weighted by atomic mass is 16.4. The van der Waals surface area contributed by atoms with E-state index in [0.717, 1.165) is 5.69 Å². The highest BCUT2D eigenvalue weighted by molar-refractivity contribution is 6.05. The molecule has 4 rings (SSSR count).